The highest BCUT2D eigenvalue weighted by molar-refractivity contribution is 5.87. The molecule has 0 saturated carbocycles. The van der Waals surface area contributed by atoms with E-state index < -0.39 is 17.7 Å². The molecule has 13 heteroatoms. The molecule has 0 spiro atoms. The van der Waals surface area contributed by atoms with Crippen molar-refractivity contribution in [1.82, 2.24) is 35.1 Å². The lowest BCUT2D eigenvalue weighted by molar-refractivity contribution is -0.139. The van der Waals surface area contributed by atoms with Crippen LogP contribution in [-0.4, -0.2) is 91.9 Å². The standard InChI is InChI=1S/C45H61N7O6/c1-26(2)28(4)51(44(55)58-45(7,8)9)30(6)40-46-24-36(48-40)33-15-11-31(12-16-33)32-13-17-34(18-14-32)37-25-47-41(49-37)38-23-27(3)29(5)52(38)42(53)39(50-43(54)56-10)35-19-21-57-22-20-35/h11-18,24-30,35,38-39H,19-23H2,1-10H3,(H,46,48)(H,47,49)(H,50,54)/t27?,28-,29-,30+,38+,39+/m1/s1. The van der Waals surface area contributed by atoms with E-state index in [1.54, 1.807) is 4.90 Å². The molecule has 58 heavy (non-hydrogen) atoms. The summed E-state index contributed by atoms with van der Waals surface area (Å²) < 4.78 is 16.2. The molecule has 0 bridgehead atoms. The summed E-state index contributed by atoms with van der Waals surface area (Å²) in [6, 6.07) is 15.3. The molecule has 3 amide bonds. The average Bonchev–Trinajstić information content (AvgIpc) is 3.96. The molecular formula is C45H61N7O6. The lowest BCUT2D eigenvalue weighted by Gasteiger charge is -2.37. The van der Waals surface area contributed by atoms with Crippen molar-refractivity contribution in [3.63, 3.8) is 0 Å². The summed E-state index contributed by atoms with van der Waals surface area (Å²) in [5.74, 6) is 1.74. The topological polar surface area (TPSA) is 155 Å². The number of H-pyrrole nitrogens is 2. The number of ether oxygens (including phenoxy) is 3. The third-order valence-corrected chi connectivity index (χ3v) is 12.0. The van der Waals surface area contributed by atoms with Gasteiger partial charge in [-0.2, -0.15) is 0 Å². The van der Waals surface area contributed by atoms with Crippen molar-refractivity contribution in [3.05, 3.63) is 72.6 Å². The largest absolute Gasteiger partial charge is 0.453 e. The number of hydrogen-bond acceptors (Lipinski definition) is 8. The van der Waals surface area contributed by atoms with Crippen LogP contribution in [0.5, 0.6) is 0 Å². The zero-order chi connectivity index (χ0) is 41.9. The highest BCUT2D eigenvalue weighted by Gasteiger charge is 2.45. The van der Waals surface area contributed by atoms with Crippen molar-refractivity contribution in [2.24, 2.45) is 17.8 Å². The van der Waals surface area contributed by atoms with E-state index in [1.165, 1.54) is 7.11 Å². The number of nitrogens with one attached hydrogen (secondary N) is 3. The van der Waals surface area contributed by atoms with Gasteiger partial charge in [-0.15, -0.1) is 0 Å². The fourth-order valence-electron chi connectivity index (χ4n) is 8.07. The van der Waals surface area contributed by atoms with Gasteiger partial charge in [0.05, 0.1) is 43.0 Å². The summed E-state index contributed by atoms with van der Waals surface area (Å²) in [4.78, 5) is 60.1. The van der Waals surface area contributed by atoms with E-state index in [4.69, 9.17) is 19.2 Å². The maximum atomic E-state index is 14.3. The van der Waals surface area contributed by atoms with E-state index in [1.807, 2.05) is 51.9 Å². The van der Waals surface area contributed by atoms with Gasteiger partial charge in [0.25, 0.3) is 0 Å². The van der Waals surface area contributed by atoms with Crippen LogP contribution in [0.15, 0.2) is 60.9 Å². The van der Waals surface area contributed by atoms with Gasteiger partial charge in [0.15, 0.2) is 0 Å². The van der Waals surface area contributed by atoms with Gasteiger partial charge in [0, 0.05) is 25.3 Å². The number of benzene rings is 2. The number of likely N-dealkylation sites (tertiary alicyclic amines) is 1. The Morgan fingerprint density at radius 2 is 1.41 bits per heavy atom. The molecule has 2 aromatic heterocycles. The highest BCUT2D eigenvalue weighted by Crippen LogP contribution is 2.41. The summed E-state index contributed by atoms with van der Waals surface area (Å²) in [7, 11) is 1.31. The Hall–Kier alpha value is -5.17. The molecule has 2 fully saturated rings. The van der Waals surface area contributed by atoms with Crippen LogP contribution < -0.4 is 5.32 Å². The van der Waals surface area contributed by atoms with E-state index in [9.17, 15) is 14.4 Å². The van der Waals surface area contributed by atoms with Gasteiger partial charge in [0.1, 0.15) is 23.3 Å². The Morgan fingerprint density at radius 3 is 1.97 bits per heavy atom. The molecule has 312 valence electrons. The zero-order valence-electron chi connectivity index (χ0n) is 35.7. The number of imidazole rings is 2. The number of carbonyl (C=O) groups is 3. The van der Waals surface area contributed by atoms with E-state index in [0.29, 0.717) is 31.9 Å². The number of hydrogen-bond donors (Lipinski definition) is 3. The fourth-order valence-corrected chi connectivity index (χ4v) is 8.07. The maximum Gasteiger partial charge on any atom is 0.411 e. The minimum atomic E-state index is -0.705. The molecule has 2 saturated heterocycles. The molecule has 4 heterocycles. The van der Waals surface area contributed by atoms with E-state index in [2.05, 4.69) is 96.5 Å². The minimum Gasteiger partial charge on any atom is -0.453 e. The van der Waals surface area contributed by atoms with Crippen LogP contribution in [-0.2, 0) is 19.0 Å². The van der Waals surface area contributed by atoms with Crippen LogP contribution in [0.4, 0.5) is 9.59 Å². The summed E-state index contributed by atoms with van der Waals surface area (Å²) in [6.07, 6.45) is 4.81. The van der Waals surface area contributed by atoms with Crippen molar-refractivity contribution in [1.29, 1.82) is 0 Å². The van der Waals surface area contributed by atoms with Crippen molar-refractivity contribution in [3.8, 4) is 33.6 Å². The second kappa shape index (κ2) is 17.8. The Labute approximate surface area is 342 Å². The number of carbonyl (C=O) groups excluding carboxylic acids is 3. The van der Waals surface area contributed by atoms with Crippen LogP contribution in [0.2, 0.25) is 0 Å². The van der Waals surface area contributed by atoms with E-state index in [-0.39, 0.29) is 53.9 Å². The molecule has 1 unspecified atom stereocenters. The SMILES string of the molecule is COC(=O)N[C@H](C(=O)N1[C@H](C)C(C)C[C@H]1c1ncc(-c2ccc(-c3ccc(-c4cnc([C@H](C)N(C(=O)OC(C)(C)C)[C@H](C)C(C)C)[nH]4)cc3)cc2)[nH]1)C1CCOCC1. The van der Waals surface area contributed by atoms with Crippen LogP contribution in [0, 0.1) is 17.8 Å². The number of aromatic nitrogens is 4. The van der Waals surface area contributed by atoms with Crippen LogP contribution >= 0.6 is 0 Å². The van der Waals surface area contributed by atoms with Crippen LogP contribution in [0.25, 0.3) is 33.6 Å². The van der Waals surface area contributed by atoms with Gasteiger partial charge in [-0.25, -0.2) is 19.6 Å². The number of amides is 3. The van der Waals surface area contributed by atoms with Gasteiger partial charge >= 0.3 is 12.2 Å². The van der Waals surface area contributed by atoms with E-state index >= 15 is 0 Å². The summed E-state index contributed by atoms with van der Waals surface area (Å²) in [5.41, 5.74) is 5.23. The van der Waals surface area contributed by atoms with Crippen molar-refractivity contribution in [2.45, 2.75) is 117 Å². The molecule has 13 nitrogen and oxygen atoms in total. The molecule has 6 rings (SSSR count). The summed E-state index contributed by atoms with van der Waals surface area (Å²) in [5, 5.41) is 2.85. The predicted octanol–water partition coefficient (Wildman–Crippen LogP) is 8.93. The number of methoxy groups -OCH3 is 1. The van der Waals surface area contributed by atoms with Gasteiger partial charge < -0.3 is 34.4 Å². The molecule has 3 N–H and O–H groups in total. The maximum absolute atomic E-state index is 14.3. The first kappa shape index (κ1) is 42.4. The normalized spacial score (nSPS) is 20.4. The minimum absolute atomic E-state index is 0.0366. The molecule has 0 radical (unpaired) electrons. The quantitative estimate of drug-likeness (QED) is 0.136. The molecule has 4 aromatic rings. The Morgan fingerprint density at radius 1 is 0.862 bits per heavy atom. The van der Waals surface area contributed by atoms with E-state index in [0.717, 1.165) is 45.9 Å². The molecular weight excluding hydrogens is 735 g/mol. The average molecular weight is 796 g/mol. The second-order valence-corrected chi connectivity index (χ2v) is 17.3. The molecule has 2 aliphatic rings. The van der Waals surface area contributed by atoms with Gasteiger partial charge in [-0.1, -0.05) is 69.3 Å². The third kappa shape index (κ3) is 9.41. The van der Waals surface area contributed by atoms with Crippen LogP contribution in [0.3, 0.4) is 0 Å². The third-order valence-electron chi connectivity index (χ3n) is 12.0. The lowest BCUT2D eigenvalue weighted by Crippen LogP contribution is -2.54. The Balaban J connectivity index is 1.15. The Kier molecular flexibility index (Phi) is 13.0. The first-order valence-corrected chi connectivity index (χ1v) is 20.6. The molecule has 2 aromatic carbocycles. The number of aromatic amines is 2. The predicted molar refractivity (Wildman–Crippen MR) is 224 cm³/mol. The van der Waals surface area contributed by atoms with Crippen molar-refractivity contribution in [2.75, 3.05) is 20.3 Å². The zero-order valence-corrected chi connectivity index (χ0v) is 35.7. The highest BCUT2D eigenvalue weighted by atomic mass is 16.6. The first-order chi connectivity index (χ1) is 27.6. The molecule has 6 atom stereocenters. The monoisotopic (exact) mass is 795 g/mol. The second-order valence-electron chi connectivity index (χ2n) is 17.3. The molecule has 2 aliphatic heterocycles. The van der Waals surface area contributed by atoms with Gasteiger partial charge in [-0.3, -0.25) is 9.69 Å². The van der Waals surface area contributed by atoms with Crippen LogP contribution in [0.1, 0.15) is 105 Å². The molecule has 0 aliphatic carbocycles. The number of alkyl carbamates (subject to hydrolysis) is 1. The van der Waals surface area contributed by atoms with Gasteiger partial charge in [-0.05, 0) is 101 Å². The Bertz CT molecular complexity index is 2010. The fraction of sp³-hybridized carbons (Fsp3) is 0.533. The smallest absolute Gasteiger partial charge is 0.411 e. The summed E-state index contributed by atoms with van der Waals surface area (Å²) >= 11 is 0. The first-order valence-electron chi connectivity index (χ1n) is 20.6. The number of rotatable bonds is 11. The van der Waals surface area contributed by atoms with Gasteiger partial charge in [0.2, 0.25) is 5.91 Å². The van der Waals surface area contributed by atoms with Crippen molar-refractivity contribution < 1.29 is 28.6 Å². The summed E-state index contributed by atoms with van der Waals surface area (Å²) in [6.45, 7) is 19.2. The lowest BCUT2D eigenvalue weighted by atomic mass is 9.90. The van der Waals surface area contributed by atoms with Crippen molar-refractivity contribution >= 4 is 18.1 Å². The number of nitrogens with zero attached hydrogens (tertiary/aromatic N) is 4.